The number of nitro benzene ring substituents is 1. The Bertz CT molecular complexity index is 553. The highest BCUT2D eigenvalue weighted by Crippen LogP contribution is 2.14. The maximum atomic E-state index is 10.6. The van der Waals surface area contributed by atoms with Gasteiger partial charge in [0.1, 0.15) is 0 Å². The molecule has 1 heterocycles. The van der Waals surface area contributed by atoms with E-state index in [0.29, 0.717) is 19.0 Å². The lowest BCUT2D eigenvalue weighted by Crippen LogP contribution is -2.07. The van der Waals surface area contributed by atoms with Crippen molar-refractivity contribution >= 4 is 11.6 Å². The van der Waals surface area contributed by atoms with Crippen molar-refractivity contribution in [2.24, 2.45) is 0 Å². The van der Waals surface area contributed by atoms with Crippen molar-refractivity contribution < 1.29 is 4.92 Å². The zero-order valence-electron chi connectivity index (χ0n) is 9.78. The average molecular weight is 248 g/mol. The molecule has 0 saturated heterocycles. The minimum atomic E-state index is -0.417. The first-order valence-electron chi connectivity index (χ1n) is 5.44. The standard InChI is InChI=1S/C10H12N6O2/c1-2-15-10(12-13-14-15)11-7-8-4-3-5-9(6-8)16(17)18/h3-6H,2,7H2,1H3,(H,11,12,14). The van der Waals surface area contributed by atoms with Gasteiger partial charge in [-0.3, -0.25) is 10.1 Å². The summed E-state index contributed by atoms with van der Waals surface area (Å²) in [6.45, 7) is 3.02. The van der Waals surface area contributed by atoms with E-state index in [1.807, 2.05) is 6.92 Å². The van der Waals surface area contributed by atoms with Crippen LogP contribution < -0.4 is 5.32 Å². The van der Waals surface area contributed by atoms with Gasteiger partial charge in [0.2, 0.25) is 5.95 Å². The van der Waals surface area contributed by atoms with E-state index in [1.54, 1.807) is 16.8 Å². The summed E-state index contributed by atoms with van der Waals surface area (Å²) in [5, 5.41) is 24.8. The number of aryl methyl sites for hydroxylation is 1. The van der Waals surface area contributed by atoms with Crippen molar-refractivity contribution in [1.29, 1.82) is 0 Å². The summed E-state index contributed by atoms with van der Waals surface area (Å²) in [6, 6.07) is 6.44. The Hall–Kier alpha value is -2.51. The summed E-state index contributed by atoms with van der Waals surface area (Å²) >= 11 is 0. The summed E-state index contributed by atoms with van der Waals surface area (Å²) < 4.78 is 1.61. The van der Waals surface area contributed by atoms with E-state index in [0.717, 1.165) is 5.56 Å². The Kier molecular flexibility index (Phi) is 3.46. The van der Waals surface area contributed by atoms with Crippen LogP contribution in [0.15, 0.2) is 24.3 Å². The maximum absolute atomic E-state index is 10.6. The first kappa shape index (κ1) is 12.0. The highest BCUT2D eigenvalue weighted by Gasteiger charge is 2.07. The molecule has 0 unspecified atom stereocenters. The molecular formula is C10H12N6O2. The number of nitrogens with zero attached hydrogens (tertiary/aromatic N) is 5. The van der Waals surface area contributed by atoms with Crippen molar-refractivity contribution in [2.75, 3.05) is 5.32 Å². The lowest BCUT2D eigenvalue weighted by atomic mass is 10.2. The quantitative estimate of drug-likeness (QED) is 0.630. The summed E-state index contributed by atoms with van der Waals surface area (Å²) in [6.07, 6.45) is 0. The fourth-order valence-corrected chi connectivity index (χ4v) is 1.51. The molecule has 1 N–H and O–H groups in total. The third kappa shape index (κ3) is 2.59. The van der Waals surface area contributed by atoms with Gasteiger partial charge in [-0.05, 0) is 22.9 Å². The van der Waals surface area contributed by atoms with Gasteiger partial charge >= 0.3 is 0 Å². The van der Waals surface area contributed by atoms with E-state index in [-0.39, 0.29) is 5.69 Å². The number of anilines is 1. The van der Waals surface area contributed by atoms with Crippen LogP contribution in [0.2, 0.25) is 0 Å². The number of nitrogens with one attached hydrogen (secondary N) is 1. The van der Waals surface area contributed by atoms with Crippen LogP contribution in [0.3, 0.4) is 0 Å². The molecule has 2 aromatic rings. The highest BCUT2D eigenvalue weighted by molar-refractivity contribution is 5.36. The second kappa shape index (κ2) is 5.21. The molecule has 0 atom stereocenters. The topological polar surface area (TPSA) is 98.8 Å². The third-order valence-corrected chi connectivity index (χ3v) is 2.40. The van der Waals surface area contributed by atoms with Gasteiger partial charge in [-0.25, -0.2) is 4.68 Å². The normalized spacial score (nSPS) is 10.3. The molecule has 0 radical (unpaired) electrons. The first-order valence-corrected chi connectivity index (χ1v) is 5.44. The molecule has 8 nitrogen and oxygen atoms in total. The molecule has 18 heavy (non-hydrogen) atoms. The zero-order valence-corrected chi connectivity index (χ0v) is 9.78. The molecule has 0 amide bonds. The van der Waals surface area contributed by atoms with Crippen molar-refractivity contribution in [3.63, 3.8) is 0 Å². The fourth-order valence-electron chi connectivity index (χ4n) is 1.51. The van der Waals surface area contributed by atoms with Crippen LogP contribution in [0.5, 0.6) is 0 Å². The number of non-ortho nitro benzene ring substituents is 1. The molecule has 1 aromatic heterocycles. The summed E-state index contributed by atoms with van der Waals surface area (Å²) in [4.78, 5) is 10.2. The van der Waals surface area contributed by atoms with Gasteiger partial charge in [-0.15, -0.1) is 0 Å². The van der Waals surface area contributed by atoms with E-state index < -0.39 is 4.92 Å². The van der Waals surface area contributed by atoms with E-state index in [4.69, 9.17) is 0 Å². The zero-order chi connectivity index (χ0) is 13.0. The minimum absolute atomic E-state index is 0.0735. The van der Waals surface area contributed by atoms with Crippen LogP contribution in [0, 0.1) is 10.1 Å². The molecule has 0 aliphatic rings. The number of benzene rings is 1. The van der Waals surface area contributed by atoms with E-state index in [1.165, 1.54) is 12.1 Å². The van der Waals surface area contributed by atoms with Gasteiger partial charge in [-0.2, -0.15) is 0 Å². The van der Waals surface area contributed by atoms with E-state index in [2.05, 4.69) is 20.8 Å². The van der Waals surface area contributed by atoms with E-state index >= 15 is 0 Å². The molecule has 0 bridgehead atoms. The van der Waals surface area contributed by atoms with Crippen molar-refractivity contribution in [3.8, 4) is 0 Å². The number of aromatic nitrogens is 4. The average Bonchev–Trinajstić information content (AvgIpc) is 2.84. The molecule has 94 valence electrons. The van der Waals surface area contributed by atoms with Crippen LogP contribution >= 0.6 is 0 Å². The van der Waals surface area contributed by atoms with Crippen molar-refractivity contribution in [1.82, 2.24) is 20.2 Å². The number of hydrogen-bond acceptors (Lipinski definition) is 6. The first-order chi connectivity index (χ1) is 8.70. The molecule has 0 spiro atoms. The molecule has 0 aliphatic heterocycles. The van der Waals surface area contributed by atoms with Gasteiger partial charge in [-0.1, -0.05) is 17.2 Å². The van der Waals surface area contributed by atoms with E-state index in [9.17, 15) is 10.1 Å². The van der Waals surface area contributed by atoms with Crippen molar-refractivity contribution in [3.05, 3.63) is 39.9 Å². The maximum Gasteiger partial charge on any atom is 0.269 e. The molecule has 0 fully saturated rings. The van der Waals surface area contributed by atoms with Crippen LogP contribution in [-0.4, -0.2) is 25.1 Å². The van der Waals surface area contributed by atoms with Gasteiger partial charge in [0.05, 0.1) is 4.92 Å². The number of rotatable bonds is 5. The Morgan fingerprint density at radius 1 is 1.50 bits per heavy atom. The predicted molar refractivity (Wildman–Crippen MR) is 63.9 cm³/mol. The largest absolute Gasteiger partial charge is 0.349 e. The second-order valence-electron chi connectivity index (χ2n) is 3.60. The number of nitro groups is 1. The molecule has 8 heteroatoms. The summed E-state index contributed by atoms with van der Waals surface area (Å²) in [5.41, 5.74) is 0.874. The highest BCUT2D eigenvalue weighted by atomic mass is 16.6. The summed E-state index contributed by atoms with van der Waals surface area (Å²) in [5.74, 6) is 0.545. The number of tetrazole rings is 1. The fraction of sp³-hybridized carbons (Fsp3) is 0.300. The monoisotopic (exact) mass is 248 g/mol. The Labute approximate surface area is 103 Å². The minimum Gasteiger partial charge on any atom is -0.349 e. The van der Waals surface area contributed by atoms with Crippen LogP contribution in [0.25, 0.3) is 0 Å². The molecular weight excluding hydrogens is 236 g/mol. The van der Waals surface area contributed by atoms with Crippen LogP contribution in [-0.2, 0) is 13.1 Å². The van der Waals surface area contributed by atoms with Gasteiger partial charge in [0.15, 0.2) is 0 Å². The molecule has 2 rings (SSSR count). The van der Waals surface area contributed by atoms with Crippen molar-refractivity contribution in [2.45, 2.75) is 20.0 Å². The van der Waals surface area contributed by atoms with Gasteiger partial charge < -0.3 is 5.32 Å². The Morgan fingerprint density at radius 3 is 3.06 bits per heavy atom. The Balaban J connectivity index is 2.06. The predicted octanol–water partition coefficient (Wildman–Crippen LogP) is 1.21. The second-order valence-corrected chi connectivity index (χ2v) is 3.60. The molecule has 0 saturated carbocycles. The third-order valence-electron chi connectivity index (χ3n) is 2.40. The lowest BCUT2D eigenvalue weighted by molar-refractivity contribution is -0.384. The van der Waals surface area contributed by atoms with Crippen LogP contribution in [0.1, 0.15) is 12.5 Å². The van der Waals surface area contributed by atoms with Gasteiger partial charge in [0, 0.05) is 25.2 Å². The van der Waals surface area contributed by atoms with Gasteiger partial charge in [0.25, 0.3) is 5.69 Å². The summed E-state index contributed by atoms with van der Waals surface area (Å²) in [7, 11) is 0. The molecule has 1 aromatic carbocycles. The van der Waals surface area contributed by atoms with Crippen LogP contribution in [0.4, 0.5) is 11.6 Å². The SMILES string of the molecule is CCn1nnnc1NCc1cccc([N+](=O)[O-])c1. The smallest absolute Gasteiger partial charge is 0.269 e. The Morgan fingerprint density at radius 2 is 2.33 bits per heavy atom. The number of hydrogen-bond donors (Lipinski definition) is 1. The lowest BCUT2D eigenvalue weighted by Gasteiger charge is -2.05. The molecule has 0 aliphatic carbocycles.